The largest absolute Gasteiger partial charge is 0.489 e. The van der Waals surface area contributed by atoms with E-state index < -0.39 is 17.2 Å². The first-order chi connectivity index (χ1) is 14.1. The van der Waals surface area contributed by atoms with E-state index in [0.29, 0.717) is 17.9 Å². The van der Waals surface area contributed by atoms with E-state index in [1.54, 1.807) is 24.3 Å². The van der Waals surface area contributed by atoms with Crippen LogP contribution < -0.4 is 26.5 Å². The van der Waals surface area contributed by atoms with Crippen molar-refractivity contribution in [3.8, 4) is 17.7 Å². The third-order valence-electron chi connectivity index (χ3n) is 4.58. The Morgan fingerprint density at radius 3 is 2.48 bits per heavy atom. The molecule has 1 aromatic heterocycles. The molecule has 29 heavy (non-hydrogen) atoms. The van der Waals surface area contributed by atoms with Gasteiger partial charge < -0.3 is 15.2 Å². The van der Waals surface area contributed by atoms with E-state index in [2.05, 4.69) is 9.97 Å². The van der Waals surface area contributed by atoms with E-state index in [-0.39, 0.29) is 22.9 Å². The van der Waals surface area contributed by atoms with Gasteiger partial charge in [0.05, 0.1) is 11.5 Å². The Bertz CT molecular complexity index is 1230. The normalized spacial score (nSPS) is 15.2. The number of nitrogens with zero attached hydrogens (tertiary/aromatic N) is 1. The number of H-pyrrole nitrogens is 2. The molecule has 0 fully saturated rings. The lowest BCUT2D eigenvalue weighted by atomic mass is 9.85. The molecule has 0 saturated carbocycles. The number of nitrogens with two attached hydrogens (primary N) is 1. The average molecular weight is 388 g/mol. The maximum Gasteiger partial charge on any atom is 0.328 e. The quantitative estimate of drug-likeness (QED) is 0.625. The van der Waals surface area contributed by atoms with Crippen LogP contribution in [-0.2, 0) is 6.61 Å². The Morgan fingerprint density at radius 2 is 1.79 bits per heavy atom. The van der Waals surface area contributed by atoms with Crippen molar-refractivity contribution in [2.24, 2.45) is 5.73 Å². The van der Waals surface area contributed by atoms with Crippen LogP contribution in [0.25, 0.3) is 0 Å². The molecule has 144 valence electrons. The van der Waals surface area contributed by atoms with Gasteiger partial charge in [-0.1, -0.05) is 42.5 Å². The summed E-state index contributed by atoms with van der Waals surface area (Å²) in [5.41, 5.74) is 6.37. The first-order valence-electron chi connectivity index (χ1n) is 8.77. The topological polar surface area (TPSA) is 134 Å². The van der Waals surface area contributed by atoms with Crippen LogP contribution in [0.3, 0.4) is 0 Å². The second-order valence-corrected chi connectivity index (χ2v) is 6.42. The van der Waals surface area contributed by atoms with Gasteiger partial charge in [-0.15, -0.1) is 0 Å². The summed E-state index contributed by atoms with van der Waals surface area (Å²) in [4.78, 5) is 28.6. The van der Waals surface area contributed by atoms with E-state index in [4.69, 9.17) is 15.2 Å². The van der Waals surface area contributed by atoms with E-state index in [1.165, 1.54) is 0 Å². The van der Waals surface area contributed by atoms with Crippen molar-refractivity contribution in [1.29, 1.82) is 5.26 Å². The molecule has 8 nitrogen and oxygen atoms in total. The predicted octanol–water partition coefficient (Wildman–Crippen LogP) is 1.86. The summed E-state index contributed by atoms with van der Waals surface area (Å²) in [6.45, 7) is 0.414. The van der Waals surface area contributed by atoms with Gasteiger partial charge in [-0.25, -0.2) is 4.79 Å². The lowest BCUT2D eigenvalue weighted by molar-refractivity contribution is 0.306. The molecule has 2 aromatic carbocycles. The zero-order chi connectivity index (χ0) is 20.4. The number of allylic oxidation sites excluding steroid dienone is 1. The number of hydrogen-bond acceptors (Lipinski definition) is 6. The molecule has 3 aromatic rings. The fraction of sp³-hybridized carbons (Fsp3) is 0.0952. The average Bonchev–Trinajstić information content (AvgIpc) is 2.72. The molecular formula is C21H16N4O4. The van der Waals surface area contributed by atoms with Gasteiger partial charge in [0.15, 0.2) is 0 Å². The number of fused-ring (bicyclic) bond motifs is 1. The zero-order valence-corrected chi connectivity index (χ0v) is 15.1. The maximum absolute atomic E-state index is 12.4. The van der Waals surface area contributed by atoms with Crippen LogP contribution in [0.15, 0.2) is 75.6 Å². The molecule has 0 bridgehead atoms. The van der Waals surface area contributed by atoms with E-state index in [1.807, 2.05) is 36.4 Å². The Labute approximate surface area is 164 Å². The fourth-order valence-corrected chi connectivity index (χ4v) is 3.22. The second-order valence-electron chi connectivity index (χ2n) is 6.42. The van der Waals surface area contributed by atoms with Crippen molar-refractivity contribution < 1.29 is 9.47 Å². The van der Waals surface area contributed by atoms with Gasteiger partial charge in [-0.3, -0.25) is 14.8 Å². The molecule has 4 N–H and O–H groups in total. The summed E-state index contributed by atoms with van der Waals surface area (Å²) in [7, 11) is 0. The number of hydrogen-bond donors (Lipinski definition) is 3. The summed E-state index contributed by atoms with van der Waals surface area (Å²) >= 11 is 0. The first kappa shape index (κ1) is 18.1. The predicted molar refractivity (Wildman–Crippen MR) is 104 cm³/mol. The van der Waals surface area contributed by atoms with Crippen molar-refractivity contribution in [3.05, 3.63) is 104 Å². The molecule has 1 atom stereocenters. The highest BCUT2D eigenvalue weighted by Gasteiger charge is 2.34. The molecule has 0 radical (unpaired) electrons. The number of ether oxygens (including phenoxy) is 2. The van der Waals surface area contributed by atoms with Gasteiger partial charge in [0, 0.05) is 0 Å². The molecule has 2 heterocycles. The molecule has 0 spiro atoms. The summed E-state index contributed by atoms with van der Waals surface area (Å²) in [5, 5.41) is 9.55. The molecule has 0 unspecified atom stereocenters. The van der Waals surface area contributed by atoms with E-state index >= 15 is 0 Å². The van der Waals surface area contributed by atoms with Gasteiger partial charge in [-0.05, 0) is 23.3 Å². The van der Waals surface area contributed by atoms with Gasteiger partial charge in [0.1, 0.15) is 24.0 Å². The minimum absolute atomic E-state index is 0.0651. The van der Waals surface area contributed by atoms with Gasteiger partial charge in [-0.2, -0.15) is 5.26 Å². The van der Waals surface area contributed by atoms with E-state index in [0.717, 1.165) is 5.56 Å². The third-order valence-corrected chi connectivity index (χ3v) is 4.58. The molecule has 1 aliphatic rings. The number of nitriles is 1. The van der Waals surface area contributed by atoms with Crippen molar-refractivity contribution in [2.75, 3.05) is 0 Å². The minimum Gasteiger partial charge on any atom is -0.489 e. The molecule has 1 aliphatic heterocycles. The van der Waals surface area contributed by atoms with Gasteiger partial charge in [0.25, 0.3) is 5.56 Å². The number of nitrogens with one attached hydrogen (secondary N) is 2. The lowest BCUT2D eigenvalue weighted by Crippen LogP contribution is -2.33. The Morgan fingerprint density at radius 1 is 1.07 bits per heavy atom. The SMILES string of the molecule is N#CC1=C(N)Oc2[nH]c(=O)[nH]c(=O)c2[C@H]1c1ccc(OCc2ccccc2)cc1. The molecule has 0 amide bonds. The highest BCUT2D eigenvalue weighted by molar-refractivity contribution is 5.53. The fourth-order valence-electron chi connectivity index (χ4n) is 3.22. The molecular weight excluding hydrogens is 372 g/mol. The van der Waals surface area contributed by atoms with Crippen LogP contribution in [0.5, 0.6) is 11.6 Å². The third kappa shape index (κ3) is 3.49. The van der Waals surface area contributed by atoms with Crippen molar-refractivity contribution in [1.82, 2.24) is 9.97 Å². The van der Waals surface area contributed by atoms with Crippen LogP contribution in [0.2, 0.25) is 0 Å². The van der Waals surface area contributed by atoms with Gasteiger partial charge in [0.2, 0.25) is 11.8 Å². The minimum atomic E-state index is -0.771. The summed E-state index contributed by atoms with van der Waals surface area (Å²) in [6.07, 6.45) is 0. The monoisotopic (exact) mass is 388 g/mol. The summed E-state index contributed by atoms with van der Waals surface area (Å²) in [5.74, 6) is -0.358. The van der Waals surface area contributed by atoms with Crippen molar-refractivity contribution in [3.63, 3.8) is 0 Å². The molecule has 8 heteroatoms. The van der Waals surface area contributed by atoms with E-state index in [9.17, 15) is 14.9 Å². The van der Waals surface area contributed by atoms with Crippen LogP contribution in [0.4, 0.5) is 0 Å². The number of rotatable bonds is 4. The zero-order valence-electron chi connectivity index (χ0n) is 15.1. The van der Waals surface area contributed by atoms with Crippen molar-refractivity contribution in [2.45, 2.75) is 12.5 Å². The van der Waals surface area contributed by atoms with Crippen LogP contribution in [-0.4, -0.2) is 9.97 Å². The Hall–Kier alpha value is -4.25. The molecule has 4 rings (SSSR count). The standard InChI is InChI=1S/C21H16N4O4/c22-10-15-16(17-19(26)24-21(27)25-20(17)29-18(15)23)13-6-8-14(9-7-13)28-11-12-4-2-1-3-5-12/h1-9,16H,11,23H2,(H2,24,25,26,27)/t16-/m0/s1. The first-order valence-corrected chi connectivity index (χ1v) is 8.77. The maximum atomic E-state index is 12.4. The van der Waals surface area contributed by atoms with Crippen molar-refractivity contribution >= 4 is 0 Å². The van der Waals surface area contributed by atoms with Gasteiger partial charge >= 0.3 is 5.69 Å². The smallest absolute Gasteiger partial charge is 0.328 e. The molecule has 0 aliphatic carbocycles. The summed E-state index contributed by atoms with van der Waals surface area (Å²) in [6, 6.07) is 18.7. The van der Waals surface area contributed by atoms with Crippen LogP contribution in [0.1, 0.15) is 22.6 Å². The number of aromatic amines is 2. The second kappa shape index (κ2) is 7.40. The highest BCUT2D eigenvalue weighted by atomic mass is 16.5. The Kier molecular flexibility index (Phi) is 4.63. The number of benzene rings is 2. The summed E-state index contributed by atoms with van der Waals surface area (Å²) < 4.78 is 11.1. The lowest BCUT2D eigenvalue weighted by Gasteiger charge is -2.24. The molecule has 0 saturated heterocycles. The van der Waals surface area contributed by atoms with Crippen LogP contribution >= 0.6 is 0 Å². The highest BCUT2D eigenvalue weighted by Crippen LogP contribution is 2.38. The van der Waals surface area contributed by atoms with Crippen LogP contribution in [0, 0.1) is 11.3 Å². The Balaban J connectivity index is 1.68. The number of aromatic nitrogens is 2.